The summed E-state index contributed by atoms with van der Waals surface area (Å²) in [7, 11) is 0. The summed E-state index contributed by atoms with van der Waals surface area (Å²) in [5.74, 6) is -2.70. The minimum atomic E-state index is -1.12. The van der Waals surface area contributed by atoms with Crippen molar-refractivity contribution in [1.82, 2.24) is 25.2 Å². The molecule has 224 valence electrons. The largest absolute Gasteiger partial charge is 0.508 e. The first-order valence-corrected chi connectivity index (χ1v) is 15.2. The van der Waals surface area contributed by atoms with E-state index in [1.807, 2.05) is 6.92 Å². The van der Waals surface area contributed by atoms with E-state index in [1.165, 1.54) is 18.2 Å². The number of aromatic nitrogens is 3. The van der Waals surface area contributed by atoms with Gasteiger partial charge in [-0.15, -0.1) is 0 Å². The minimum Gasteiger partial charge on any atom is -0.508 e. The molecule has 6 heterocycles. The quantitative estimate of drug-likeness (QED) is 0.333. The Morgan fingerprint density at radius 1 is 1.02 bits per heavy atom. The Kier molecular flexibility index (Phi) is 6.20. The van der Waals surface area contributed by atoms with Crippen LogP contribution in [0, 0.1) is 17.5 Å². The van der Waals surface area contributed by atoms with E-state index >= 15 is 8.78 Å². The van der Waals surface area contributed by atoms with Crippen LogP contribution < -0.4 is 15.0 Å². The minimum absolute atomic E-state index is 0.0338. The number of ether oxygens (including phenoxy) is 1. The summed E-state index contributed by atoms with van der Waals surface area (Å²) in [5, 5.41) is 14.6. The lowest BCUT2D eigenvalue weighted by molar-refractivity contribution is 0.108. The lowest BCUT2D eigenvalue weighted by Gasteiger charge is -2.37. The SMILES string of the molecule is CC1CC2CNCCN2c2nc(OCC34CCCN3CCC4)nc3c(F)c(-c4cc(O)cc5ccc(F)c(F)c45)nc1c23. The average Bonchev–Trinajstić information content (AvgIpc) is 3.55. The molecule has 0 saturated carbocycles. The molecule has 3 fully saturated rings. The van der Waals surface area contributed by atoms with Gasteiger partial charge in [-0.3, -0.25) is 4.90 Å². The molecule has 8 nitrogen and oxygen atoms in total. The highest BCUT2D eigenvalue weighted by atomic mass is 19.2. The molecule has 4 aromatic rings. The maximum absolute atomic E-state index is 16.8. The number of fused-ring (bicyclic) bond motifs is 4. The van der Waals surface area contributed by atoms with Gasteiger partial charge in [0.1, 0.15) is 29.4 Å². The monoisotopic (exact) mass is 590 g/mol. The number of halogens is 3. The number of aromatic hydroxyl groups is 1. The average molecular weight is 591 g/mol. The van der Waals surface area contributed by atoms with Gasteiger partial charge in [0.2, 0.25) is 0 Å². The predicted molar refractivity (Wildman–Crippen MR) is 157 cm³/mol. The Morgan fingerprint density at radius 3 is 2.65 bits per heavy atom. The fourth-order valence-corrected chi connectivity index (χ4v) is 7.97. The van der Waals surface area contributed by atoms with E-state index in [4.69, 9.17) is 14.7 Å². The van der Waals surface area contributed by atoms with Crippen LogP contribution >= 0.6 is 0 Å². The van der Waals surface area contributed by atoms with Crippen molar-refractivity contribution in [3.8, 4) is 23.0 Å². The van der Waals surface area contributed by atoms with E-state index in [-0.39, 0.29) is 56.8 Å². The Hall–Kier alpha value is -3.70. The number of nitrogens with one attached hydrogen (secondary N) is 1. The van der Waals surface area contributed by atoms with Crippen molar-refractivity contribution in [2.45, 2.75) is 56.5 Å². The van der Waals surface area contributed by atoms with Crippen molar-refractivity contribution in [2.24, 2.45) is 0 Å². The molecule has 43 heavy (non-hydrogen) atoms. The van der Waals surface area contributed by atoms with E-state index in [2.05, 4.69) is 20.1 Å². The Labute approximate surface area is 246 Å². The van der Waals surface area contributed by atoms with Crippen LogP contribution in [0.3, 0.4) is 0 Å². The molecule has 2 aromatic carbocycles. The Bertz CT molecular complexity index is 1770. The van der Waals surface area contributed by atoms with Crippen LogP contribution in [0.15, 0.2) is 24.3 Å². The highest BCUT2D eigenvalue weighted by molar-refractivity contribution is 6.01. The fourth-order valence-electron chi connectivity index (χ4n) is 7.97. The third-order valence-corrected chi connectivity index (χ3v) is 10.0. The maximum Gasteiger partial charge on any atom is 0.319 e. The van der Waals surface area contributed by atoms with Gasteiger partial charge in [-0.25, -0.2) is 18.2 Å². The molecular formula is C32H33F3N6O2. The molecule has 8 rings (SSSR count). The smallest absolute Gasteiger partial charge is 0.319 e. The summed E-state index contributed by atoms with van der Waals surface area (Å²) in [4.78, 5) is 19.0. The van der Waals surface area contributed by atoms with Gasteiger partial charge in [-0.2, -0.15) is 9.97 Å². The van der Waals surface area contributed by atoms with E-state index < -0.39 is 17.5 Å². The molecule has 4 aliphatic heterocycles. The summed E-state index contributed by atoms with van der Waals surface area (Å²) in [5.41, 5.74) is 0.351. The van der Waals surface area contributed by atoms with Gasteiger partial charge in [0.25, 0.3) is 0 Å². The third-order valence-electron chi connectivity index (χ3n) is 10.0. The molecule has 2 aromatic heterocycles. The molecule has 11 heteroatoms. The van der Waals surface area contributed by atoms with E-state index in [1.54, 1.807) is 0 Å². The second kappa shape index (κ2) is 9.92. The predicted octanol–water partition coefficient (Wildman–Crippen LogP) is 5.26. The van der Waals surface area contributed by atoms with E-state index in [0.29, 0.717) is 30.0 Å². The number of rotatable bonds is 4. The van der Waals surface area contributed by atoms with Crippen LogP contribution in [-0.4, -0.2) is 75.9 Å². The number of hydrogen-bond donors (Lipinski definition) is 2. The number of pyridine rings is 1. The van der Waals surface area contributed by atoms with E-state index in [0.717, 1.165) is 64.3 Å². The molecule has 2 N–H and O–H groups in total. The number of hydrogen-bond acceptors (Lipinski definition) is 8. The van der Waals surface area contributed by atoms with Crippen molar-refractivity contribution >= 4 is 27.5 Å². The van der Waals surface area contributed by atoms with Gasteiger partial charge in [0.05, 0.1) is 16.6 Å². The number of phenols is 1. The van der Waals surface area contributed by atoms with E-state index in [9.17, 15) is 9.50 Å². The maximum atomic E-state index is 16.8. The van der Waals surface area contributed by atoms with Gasteiger partial charge in [0, 0.05) is 42.5 Å². The highest BCUT2D eigenvalue weighted by Crippen LogP contribution is 2.45. The normalized spacial score (nSPS) is 23.0. The summed E-state index contributed by atoms with van der Waals surface area (Å²) >= 11 is 0. The van der Waals surface area contributed by atoms with Gasteiger partial charge >= 0.3 is 6.01 Å². The van der Waals surface area contributed by atoms with Gasteiger partial charge in [-0.1, -0.05) is 13.0 Å². The molecule has 0 bridgehead atoms. The standard InChI is InChI=1S/C32H33F3N6O2/c1-17-12-19-15-36-8-11-41(19)30-24-27(17)37-28(21-14-20(42)13-18-4-5-22(33)25(34)23(18)21)26(35)29(24)38-31(39-30)43-16-32-6-2-9-40(32)10-3-7-32/h4-5,13-14,17,19,36,42H,2-3,6-12,15-16H2,1H3. The Morgan fingerprint density at radius 2 is 1.84 bits per heavy atom. The summed E-state index contributed by atoms with van der Waals surface area (Å²) in [6.07, 6.45) is 5.06. The zero-order chi connectivity index (χ0) is 29.5. The Balaban J connectivity index is 1.35. The summed E-state index contributed by atoms with van der Waals surface area (Å²) < 4.78 is 52.9. The highest BCUT2D eigenvalue weighted by Gasteiger charge is 2.45. The molecule has 2 atom stereocenters. The van der Waals surface area contributed by atoms with Crippen molar-refractivity contribution < 1.29 is 23.0 Å². The molecule has 4 aliphatic rings. The van der Waals surface area contributed by atoms with Crippen molar-refractivity contribution in [3.63, 3.8) is 0 Å². The van der Waals surface area contributed by atoms with Crippen LogP contribution in [0.5, 0.6) is 11.8 Å². The first-order valence-electron chi connectivity index (χ1n) is 15.2. The molecule has 0 aliphatic carbocycles. The second-order valence-corrected chi connectivity index (χ2v) is 12.6. The fraction of sp³-hybridized carbons (Fsp3) is 0.469. The molecular weight excluding hydrogens is 557 g/mol. The third kappa shape index (κ3) is 4.15. The second-order valence-electron chi connectivity index (χ2n) is 12.6. The van der Waals surface area contributed by atoms with Gasteiger partial charge in [-0.05, 0) is 68.8 Å². The molecule has 2 unspecified atom stereocenters. The van der Waals surface area contributed by atoms with Crippen molar-refractivity contribution in [2.75, 3.05) is 44.2 Å². The molecule has 0 spiro atoms. The number of nitrogens with zero attached hydrogens (tertiary/aromatic N) is 5. The number of phenolic OH excluding ortho intramolecular Hbond substituents is 1. The van der Waals surface area contributed by atoms with Crippen LogP contribution in [0.2, 0.25) is 0 Å². The van der Waals surface area contributed by atoms with Crippen LogP contribution in [0.1, 0.15) is 50.6 Å². The van der Waals surface area contributed by atoms with Crippen LogP contribution in [0.4, 0.5) is 19.0 Å². The lowest BCUT2D eigenvalue weighted by Crippen LogP contribution is -2.51. The first kappa shape index (κ1) is 26.9. The topological polar surface area (TPSA) is 86.6 Å². The number of benzene rings is 2. The van der Waals surface area contributed by atoms with Crippen LogP contribution in [-0.2, 0) is 0 Å². The number of piperazine rings is 1. The van der Waals surface area contributed by atoms with Crippen molar-refractivity contribution in [1.29, 1.82) is 0 Å². The molecule has 3 saturated heterocycles. The lowest BCUT2D eigenvalue weighted by atomic mass is 9.94. The van der Waals surface area contributed by atoms with Gasteiger partial charge < -0.3 is 20.1 Å². The first-order chi connectivity index (χ1) is 20.8. The zero-order valence-corrected chi connectivity index (χ0v) is 24.0. The molecule has 0 amide bonds. The summed E-state index contributed by atoms with van der Waals surface area (Å²) in [6.45, 7) is 6.75. The van der Waals surface area contributed by atoms with Crippen molar-refractivity contribution in [3.05, 3.63) is 47.4 Å². The van der Waals surface area contributed by atoms with Gasteiger partial charge in [0.15, 0.2) is 17.5 Å². The summed E-state index contributed by atoms with van der Waals surface area (Å²) in [6, 6.07) is 5.11. The molecule has 0 radical (unpaired) electrons. The van der Waals surface area contributed by atoms with Crippen LogP contribution in [0.25, 0.3) is 32.9 Å². The zero-order valence-electron chi connectivity index (χ0n) is 24.0. The number of anilines is 1.